The lowest BCUT2D eigenvalue weighted by atomic mass is 10.2. The van der Waals surface area contributed by atoms with Crippen molar-refractivity contribution in [1.82, 2.24) is 9.78 Å². The molecule has 0 fully saturated rings. The van der Waals surface area contributed by atoms with Crippen LogP contribution in [0.5, 0.6) is 0 Å². The van der Waals surface area contributed by atoms with Gasteiger partial charge < -0.3 is 5.32 Å². The zero-order valence-corrected chi connectivity index (χ0v) is 14.5. The van der Waals surface area contributed by atoms with Crippen LogP contribution in [0.25, 0.3) is 0 Å². The molecule has 0 radical (unpaired) electrons. The SMILES string of the molecule is O=C(Nc1ccnn1Cc1ccc(Br)cc1)c1ccc([N+](=O)[O-])cc1. The summed E-state index contributed by atoms with van der Waals surface area (Å²) >= 11 is 3.39. The molecule has 1 aromatic heterocycles. The van der Waals surface area contributed by atoms with Crippen molar-refractivity contribution in [1.29, 1.82) is 0 Å². The van der Waals surface area contributed by atoms with Gasteiger partial charge in [-0.2, -0.15) is 5.10 Å². The number of carbonyl (C=O) groups excluding carboxylic acids is 1. The number of carbonyl (C=O) groups is 1. The van der Waals surface area contributed by atoms with E-state index in [9.17, 15) is 14.9 Å². The molecule has 0 spiro atoms. The van der Waals surface area contributed by atoms with Gasteiger partial charge in [0, 0.05) is 28.2 Å². The third-order valence-electron chi connectivity index (χ3n) is 3.54. The summed E-state index contributed by atoms with van der Waals surface area (Å²) in [4.78, 5) is 22.5. The van der Waals surface area contributed by atoms with Crippen molar-refractivity contribution in [3.05, 3.63) is 86.5 Å². The first-order valence-electron chi connectivity index (χ1n) is 7.35. The lowest BCUT2D eigenvalue weighted by molar-refractivity contribution is -0.384. The van der Waals surface area contributed by atoms with Gasteiger partial charge in [0.1, 0.15) is 5.82 Å². The molecule has 0 atom stereocenters. The summed E-state index contributed by atoms with van der Waals surface area (Å²) in [6.07, 6.45) is 1.60. The second-order valence-corrected chi connectivity index (χ2v) is 6.17. The van der Waals surface area contributed by atoms with E-state index in [0.29, 0.717) is 17.9 Å². The lowest BCUT2D eigenvalue weighted by Gasteiger charge is -2.09. The maximum Gasteiger partial charge on any atom is 0.269 e. The summed E-state index contributed by atoms with van der Waals surface area (Å²) in [6, 6.07) is 14.9. The summed E-state index contributed by atoms with van der Waals surface area (Å²) < 4.78 is 2.66. The van der Waals surface area contributed by atoms with Crippen LogP contribution in [0.1, 0.15) is 15.9 Å². The molecule has 126 valence electrons. The molecule has 2 aromatic carbocycles. The highest BCUT2D eigenvalue weighted by Gasteiger charge is 2.12. The van der Waals surface area contributed by atoms with Crippen molar-refractivity contribution in [2.75, 3.05) is 5.32 Å². The van der Waals surface area contributed by atoms with Gasteiger partial charge in [-0.05, 0) is 29.8 Å². The summed E-state index contributed by atoms with van der Waals surface area (Å²) in [5.41, 5.74) is 1.32. The number of nitro benzene ring substituents is 1. The predicted molar refractivity (Wildman–Crippen MR) is 96.5 cm³/mol. The smallest absolute Gasteiger partial charge is 0.269 e. The number of non-ortho nitro benzene ring substituents is 1. The van der Waals surface area contributed by atoms with Gasteiger partial charge in [-0.3, -0.25) is 14.9 Å². The normalized spacial score (nSPS) is 10.4. The highest BCUT2D eigenvalue weighted by molar-refractivity contribution is 9.10. The molecule has 0 unspecified atom stereocenters. The fraction of sp³-hybridized carbons (Fsp3) is 0.0588. The Morgan fingerprint density at radius 2 is 1.80 bits per heavy atom. The molecule has 8 heteroatoms. The largest absolute Gasteiger partial charge is 0.307 e. The van der Waals surface area contributed by atoms with Crippen molar-refractivity contribution in [3.63, 3.8) is 0 Å². The minimum atomic E-state index is -0.505. The van der Waals surface area contributed by atoms with Gasteiger partial charge in [-0.25, -0.2) is 4.68 Å². The van der Waals surface area contributed by atoms with Crippen LogP contribution in [0.4, 0.5) is 11.5 Å². The van der Waals surface area contributed by atoms with Crippen molar-refractivity contribution in [3.8, 4) is 0 Å². The minimum absolute atomic E-state index is 0.0585. The minimum Gasteiger partial charge on any atom is -0.307 e. The van der Waals surface area contributed by atoms with Gasteiger partial charge in [0.15, 0.2) is 0 Å². The molecule has 1 N–H and O–H groups in total. The first-order chi connectivity index (χ1) is 12.0. The average molecular weight is 401 g/mol. The van der Waals surface area contributed by atoms with Crippen LogP contribution in [0, 0.1) is 10.1 Å². The van der Waals surface area contributed by atoms with Gasteiger partial charge >= 0.3 is 0 Å². The van der Waals surface area contributed by atoms with E-state index in [1.807, 2.05) is 24.3 Å². The van der Waals surface area contributed by atoms with E-state index in [0.717, 1.165) is 10.0 Å². The van der Waals surface area contributed by atoms with Gasteiger partial charge in [0.05, 0.1) is 17.7 Å². The van der Waals surface area contributed by atoms with Gasteiger partial charge in [-0.1, -0.05) is 28.1 Å². The van der Waals surface area contributed by atoms with Crippen molar-refractivity contribution in [2.45, 2.75) is 6.54 Å². The third-order valence-corrected chi connectivity index (χ3v) is 4.07. The molecule has 25 heavy (non-hydrogen) atoms. The van der Waals surface area contributed by atoms with Crippen LogP contribution in [0.15, 0.2) is 65.3 Å². The monoisotopic (exact) mass is 400 g/mol. The Morgan fingerprint density at radius 3 is 2.44 bits per heavy atom. The molecule has 0 saturated carbocycles. The second kappa shape index (κ2) is 7.27. The van der Waals surface area contributed by atoms with Crippen LogP contribution in [-0.4, -0.2) is 20.6 Å². The van der Waals surface area contributed by atoms with Crippen LogP contribution < -0.4 is 5.32 Å². The van der Waals surface area contributed by atoms with Gasteiger partial charge in [0.25, 0.3) is 11.6 Å². The average Bonchev–Trinajstić information content (AvgIpc) is 3.03. The molecule has 0 aliphatic rings. The fourth-order valence-electron chi connectivity index (χ4n) is 2.25. The number of benzene rings is 2. The molecule has 0 saturated heterocycles. The molecule has 0 aliphatic carbocycles. The quantitative estimate of drug-likeness (QED) is 0.519. The van der Waals surface area contributed by atoms with Crippen LogP contribution in [0.3, 0.4) is 0 Å². The molecule has 7 nitrogen and oxygen atoms in total. The summed E-state index contributed by atoms with van der Waals surface area (Å²) in [6.45, 7) is 0.510. The van der Waals surface area contributed by atoms with E-state index < -0.39 is 4.92 Å². The standard InChI is InChI=1S/C17H13BrN4O3/c18-14-5-1-12(2-6-14)11-21-16(9-10-19-21)20-17(23)13-3-7-15(8-4-13)22(24)25/h1-10H,11H2,(H,20,23). The van der Waals surface area contributed by atoms with Crippen LogP contribution >= 0.6 is 15.9 Å². The van der Waals surface area contributed by atoms with Crippen LogP contribution in [-0.2, 0) is 6.54 Å². The molecule has 3 rings (SSSR count). The van der Waals surface area contributed by atoms with E-state index in [-0.39, 0.29) is 11.6 Å². The topological polar surface area (TPSA) is 90.1 Å². The van der Waals surface area contributed by atoms with E-state index in [1.165, 1.54) is 24.3 Å². The number of rotatable bonds is 5. The lowest BCUT2D eigenvalue weighted by Crippen LogP contribution is -2.16. The zero-order chi connectivity index (χ0) is 17.8. The number of nitrogens with one attached hydrogen (secondary N) is 1. The Balaban J connectivity index is 1.73. The molecular formula is C17H13BrN4O3. The Kier molecular flexibility index (Phi) is 4.90. The number of nitro groups is 1. The Bertz CT molecular complexity index is 904. The summed E-state index contributed by atoms with van der Waals surface area (Å²) in [5.74, 6) is 0.193. The Labute approximate surface area is 151 Å². The molecule has 0 aliphatic heterocycles. The highest BCUT2D eigenvalue weighted by atomic mass is 79.9. The first-order valence-corrected chi connectivity index (χ1v) is 8.14. The number of anilines is 1. The summed E-state index contributed by atoms with van der Waals surface area (Å²) in [5, 5.41) is 17.7. The molecule has 1 heterocycles. The second-order valence-electron chi connectivity index (χ2n) is 5.26. The van der Waals surface area contributed by atoms with E-state index in [2.05, 4.69) is 26.3 Å². The Morgan fingerprint density at radius 1 is 1.12 bits per heavy atom. The predicted octanol–water partition coefficient (Wildman–Crippen LogP) is 3.85. The van der Waals surface area contributed by atoms with Crippen LogP contribution in [0.2, 0.25) is 0 Å². The molecular weight excluding hydrogens is 388 g/mol. The molecule has 1 amide bonds. The number of amides is 1. The third kappa shape index (κ3) is 4.10. The number of halogens is 1. The number of aromatic nitrogens is 2. The molecule has 0 bridgehead atoms. The van der Waals surface area contributed by atoms with Crippen molar-refractivity contribution >= 4 is 33.3 Å². The first kappa shape index (κ1) is 16.8. The maximum absolute atomic E-state index is 12.3. The van der Waals surface area contributed by atoms with E-state index in [4.69, 9.17) is 0 Å². The van der Waals surface area contributed by atoms with E-state index >= 15 is 0 Å². The van der Waals surface area contributed by atoms with Gasteiger partial charge in [-0.15, -0.1) is 0 Å². The van der Waals surface area contributed by atoms with Crippen molar-refractivity contribution < 1.29 is 9.72 Å². The van der Waals surface area contributed by atoms with Gasteiger partial charge in [0.2, 0.25) is 0 Å². The molecule has 3 aromatic rings. The zero-order valence-electron chi connectivity index (χ0n) is 12.9. The Hall–Kier alpha value is -3.00. The number of hydrogen-bond acceptors (Lipinski definition) is 4. The van der Waals surface area contributed by atoms with E-state index in [1.54, 1.807) is 16.9 Å². The maximum atomic E-state index is 12.3. The summed E-state index contributed by atoms with van der Waals surface area (Å²) in [7, 11) is 0. The fourth-order valence-corrected chi connectivity index (χ4v) is 2.51. The van der Waals surface area contributed by atoms with Crippen molar-refractivity contribution in [2.24, 2.45) is 0 Å². The highest BCUT2D eigenvalue weighted by Crippen LogP contribution is 2.16. The number of nitrogens with zero attached hydrogens (tertiary/aromatic N) is 3. The number of hydrogen-bond donors (Lipinski definition) is 1.